The summed E-state index contributed by atoms with van der Waals surface area (Å²) in [7, 11) is 0. The van der Waals surface area contributed by atoms with Crippen LogP contribution in [0, 0.1) is 5.41 Å². The molecule has 1 aromatic carbocycles. The minimum absolute atomic E-state index is 0.115. The van der Waals surface area contributed by atoms with Gasteiger partial charge in [-0.05, 0) is 23.9 Å². The number of benzene rings is 1. The summed E-state index contributed by atoms with van der Waals surface area (Å²) in [6.45, 7) is 7.36. The normalized spacial score (nSPS) is 20.2. The summed E-state index contributed by atoms with van der Waals surface area (Å²) in [6.07, 6.45) is 1.18. The smallest absolute Gasteiger partial charge is 0.242 e. The molecule has 1 saturated heterocycles. The Labute approximate surface area is 114 Å². The van der Waals surface area contributed by atoms with Crippen LogP contribution in [0.5, 0.6) is 0 Å². The Morgan fingerprint density at radius 2 is 2.11 bits per heavy atom. The number of hydrogen-bond donors (Lipinski definition) is 2. The number of likely N-dealkylation sites (tertiary alicyclic amines) is 1. The molecule has 0 bridgehead atoms. The van der Waals surface area contributed by atoms with E-state index in [1.54, 1.807) is 0 Å². The monoisotopic (exact) mass is 261 g/mol. The van der Waals surface area contributed by atoms with E-state index in [-0.39, 0.29) is 11.8 Å². The fourth-order valence-electron chi connectivity index (χ4n) is 2.76. The van der Waals surface area contributed by atoms with Crippen LogP contribution < -0.4 is 11.3 Å². The number of carbonyl (C=O) groups is 1. The van der Waals surface area contributed by atoms with Gasteiger partial charge < -0.3 is 4.90 Å². The van der Waals surface area contributed by atoms with Crippen molar-refractivity contribution in [3.63, 3.8) is 0 Å². The molecule has 104 valence electrons. The minimum atomic E-state index is -0.194. The number of hydrogen-bond acceptors (Lipinski definition) is 3. The van der Waals surface area contributed by atoms with Gasteiger partial charge in [-0.15, -0.1) is 0 Å². The Bertz CT molecular complexity index is 430. The van der Waals surface area contributed by atoms with E-state index in [1.165, 1.54) is 6.42 Å². The van der Waals surface area contributed by atoms with Gasteiger partial charge in [0.15, 0.2) is 0 Å². The van der Waals surface area contributed by atoms with Gasteiger partial charge in [0.05, 0.1) is 5.92 Å². The van der Waals surface area contributed by atoms with Crippen molar-refractivity contribution in [3.8, 4) is 0 Å². The molecule has 1 aromatic rings. The van der Waals surface area contributed by atoms with Crippen LogP contribution in [0.25, 0.3) is 0 Å². The Hall–Kier alpha value is -1.39. The first-order chi connectivity index (χ1) is 9.02. The van der Waals surface area contributed by atoms with Crippen LogP contribution in [0.3, 0.4) is 0 Å². The lowest BCUT2D eigenvalue weighted by Crippen LogP contribution is -2.40. The van der Waals surface area contributed by atoms with Crippen LogP contribution in [0.2, 0.25) is 0 Å². The van der Waals surface area contributed by atoms with E-state index in [9.17, 15) is 4.79 Å². The van der Waals surface area contributed by atoms with Crippen molar-refractivity contribution in [2.24, 2.45) is 11.3 Å². The zero-order valence-electron chi connectivity index (χ0n) is 11.7. The van der Waals surface area contributed by atoms with Crippen molar-refractivity contribution >= 4 is 5.91 Å². The Kier molecular flexibility index (Phi) is 4.22. The van der Waals surface area contributed by atoms with Crippen LogP contribution in [-0.2, 0) is 4.79 Å². The largest absolute Gasteiger partial charge is 0.302 e. The van der Waals surface area contributed by atoms with Gasteiger partial charge in [-0.1, -0.05) is 44.2 Å². The fourth-order valence-corrected chi connectivity index (χ4v) is 2.76. The summed E-state index contributed by atoms with van der Waals surface area (Å²) in [5.41, 5.74) is 3.66. The summed E-state index contributed by atoms with van der Waals surface area (Å²) >= 11 is 0. The summed E-state index contributed by atoms with van der Waals surface area (Å²) < 4.78 is 0. The highest BCUT2D eigenvalue weighted by atomic mass is 16.2. The van der Waals surface area contributed by atoms with Crippen molar-refractivity contribution < 1.29 is 4.79 Å². The predicted octanol–water partition coefficient (Wildman–Crippen LogP) is 1.49. The second kappa shape index (κ2) is 5.72. The van der Waals surface area contributed by atoms with Gasteiger partial charge in [0.2, 0.25) is 5.91 Å². The molecule has 1 heterocycles. The third-order valence-electron chi connectivity index (χ3n) is 3.86. The zero-order chi connectivity index (χ0) is 13.9. The maximum atomic E-state index is 12.0. The molecule has 19 heavy (non-hydrogen) atoms. The molecule has 0 aromatic heterocycles. The summed E-state index contributed by atoms with van der Waals surface area (Å²) in [5, 5.41) is 0. The molecule has 1 fully saturated rings. The van der Waals surface area contributed by atoms with Crippen molar-refractivity contribution in [2.45, 2.75) is 26.2 Å². The highest BCUT2D eigenvalue weighted by Gasteiger charge is 2.32. The molecule has 4 heteroatoms. The molecule has 4 nitrogen and oxygen atoms in total. The SMILES string of the molecule is CC1(C)CCN(CC(C(=O)NN)c2ccccc2)C1. The molecule has 0 spiro atoms. The number of amides is 1. The Morgan fingerprint density at radius 1 is 1.42 bits per heavy atom. The van der Waals surface area contributed by atoms with E-state index < -0.39 is 0 Å². The molecule has 0 saturated carbocycles. The van der Waals surface area contributed by atoms with Crippen LogP contribution >= 0.6 is 0 Å². The van der Waals surface area contributed by atoms with E-state index >= 15 is 0 Å². The first-order valence-electron chi connectivity index (χ1n) is 6.79. The average Bonchev–Trinajstić information content (AvgIpc) is 2.75. The number of rotatable bonds is 4. The number of nitrogens with one attached hydrogen (secondary N) is 1. The van der Waals surface area contributed by atoms with Crippen molar-refractivity contribution in [1.82, 2.24) is 10.3 Å². The van der Waals surface area contributed by atoms with Crippen LogP contribution in [0.4, 0.5) is 0 Å². The van der Waals surface area contributed by atoms with Gasteiger partial charge in [0, 0.05) is 13.1 Å². The third kappa shape index (κ3) is 3.55. The average molecular weight is 261 g/mol. The van der Waals surface area contributed by atoms with Crippen molar-refractivity contribution in [3.05, 3.63) is 35.9 Å². The molecule has 1 atom stereocenters. The van der Waals surface area contributed by atoms with Gasteiger partial charge in [-0.2, -0.15) is 0 Å². The lowest BCUT2D eigenvalue weighted by Gasteiger charge is -2.24. The molecular weight excluding hydrogens is 238 g/mol. The maximum Gasteiger partial charge on any atom is 0.242 e. The molecule has 3 N–H and O–H groups in total. The first-order valence-corrected chi connectivity index (χ1v) is 6.79. The second-order valence-corrected chi connectivity index (χ2v) is 6.12. The standard InChI is InChI=1S/C15H23N3O/c1-15(2)8-9-18(11-15)10-13(14(19)17-16)12-6-4-3-5-7-12/h3-7,13H,8-11,16H2,1-2H3,(H,17,19). The summed E-state index contributed by atoms with van der Waals surface area (Å²) in [6, 6.07) is 9.85. The minimum Gasteiger partial charge on any atom is -0.302 e. The first kappa shape index (κ1) is 14.0. The highest BCUT2D eigenvalue weighted by Crippen LogP contribution is 2.30. The number of nitrogens with zero attached hydrogens (tertiary/aromatic N) is 1. The molecule has 1 amide bonds. The molecule has 1 aliphatic rings. The topological polar surface area (TPSA) is 58.4 Å². The van der Waals surface area contributed by atoms with Crippen molar-refractivity contribution in [2.75, 3.05) is 19.6 Å². The lowest BCUT2D eigenvalue weighted by molar-refractivity contribution is -0.123. The van der Waals surface area contributed by atoms with E-state index in [0.717, 1.165) is 25.2 Å². The summed E-state index contributed by atoms with van der Waals surface area (Å²) in [4.78, 5) is 14.4. The lowest BCUT2D eigenvalue weighted by atomic mass is 9.93. The quantitative estimate of drug-likeness (QED) is 0.490. The molecule has 0 aliphatic carbocycles. The van der Waals surface area contributed by atoms with E-state index in [0.29, 0.717) is 5.41 Å². The highest BCUT2D eigenvalue weighted by molar-refractivity contribution is 5.83. The molecule has 1 aliphatic heterocycles. The molecule has 2 rings (SSSR count). The fraction of sp³-hybridized carbons (Fsp3) is 0.533. The van der Waals surface area contributed by atoms with E-state index in [4.69, 9.17) is 5.84 Å². The zero-order valence-corrected chi connectivity index (χ0v) is 11.7. The van der Waals surface area contributed by atoms with E-state index in [2.05, 4.69) is 24.2 Å². The van der Waals surface area contributed by atoms with Gasteiger partial charge in [0.1, 0.15) is 0 Å². The predicted molar refractivity (Wildman–Crippen MR) is 76.4 cm³/mol. The second-order valence-electron chi connectivity index (χ2n) is 6.12. The molecule has 1 unspecified atom stereocenters. The van der Waals surface area contributed by atoms with Gasteiger partial charge in [0.25, 0.3) is 0 Å². The number of carbonyl (C=O) groups excluding carboxylic acids is 1. The Balaban J connectivity index is 2.10. The maximum absolute atomic E-state index is 12.0. The third-order valence-corrected chi connectivity index (χ3v) is 3.86. The number of hydrazine groups is 1. The van der Waals surface area contributed by atoms with Crippen LogP contribution in [0.15, 0.2) is 30.3 Å². The van der Waals surface area contributed by atoms with Crippen LogP contribution in [-0.4, -0.2) is 30.4 Å². The van der Waals surface area contributed by atoms with Crippen LogP contribution in [0.1, 0.15) is 31.7 Å². The van der Waals surface area contributed by atoms with Gasteiger partial charge >= 0.3 is 0 Å². The van der Waals surface area contributed by atoms with Crippen molar-refractivity contribution in [1.29, 1.82) is 0 Å². The molecule has 0 radical (unpaired) electrons. The van der Waals surface area contributed by atoms with Gasteiger partial charge in [-0.25, -0.2) is 5.84 Å². The molecular formula is C15H23N3O. The number of nitrogens with two attached hydrogens (primary N) is 1. The summed E-state index contributed by atoms with van der Waals surface area (Å²) in [5.74, 6) is 5.01. The Morgan fingerprint density at radius 3 is 2.63 bits per heavy atom. The van der Waals surface area contributed by atoms with E-state index in [1.807, 2.05) is 30.3 Å². The van der Waals surface area contributed by atoms with Gasteiger partial charge in [-0.3, -0.25) is 10.2 Å².